The van der Waals surface area contributed by atoms with Crippen LogP contribution in [0.4, 0.5) is 5.69 Å². The van der Waals surface area contributed by atoms with Gasteiger partial charge in [-0.15, -0.1) is 0 Å². The number of ether oxygens (including phenoxy) is 1. The van der Waals surface area contributed by atoms with Crippen molar-refractivity contribution in [3.63, 3.8) is 0 Å². The van der Waals surface area contributed by atoms with Gasteiger partial charge in [-0.1, -0.05) is 11.6 Å². The maximum atomic E-state index is 9.63. The molecular formula is C19H18ClN5O. The molecule has 0 spiro atoms. The highest BCUT2D eigenvalue weighted by Gasteiger charge is 2.36. The molecule has 1 saturated heterocycles. The van der Waals surface area contributed by atoms with Crippen molar-refractivity contribution in [2.24, 2.45) is 7.05 Å². The zero-order chi connectivity index (χ0) is 18.3. The number of halogens is 1. The molecule has 3 heterocycles. The van der Waals surface area contributed by atoms with E-state index in [4.69, 9.17) is 16.3 Å². The molecule has 0 radical (unpaired) electrons. The van der Waals surface area contributed by atoms with Crippen molar-refractivity contribution < 1.29 is 4.74 Å². The number of rotatable bonds is 2. The number of aryl methyl sites for hydroxylation is 1. The predicted molar refractivity (Wildman–Crippen MR) is 100 cm³/mol. The maximum Gasteiger partial charge on any atom is 0.111 e. The minimum absolute atomic E-state index is 0.507. The van der Waals surface area contributed by atoms with Crippen LogP contribution < -0.4 is 4.90 Å². The fourth-order valence-electron chi connectivity index (χ4n) is 3.50. The summed E-state index contributed by atoms with van der Waals surface area (Å²) in [5, 5.41) is 15.4. The van der Waals surface area contributed by atoms with Crippen molar-refractivity contribution in [2.45, 2.75) is 12.5 Å². The highest BCUT2D eigenvalue weighted by molar-refractivity contribution is 6.31. The lowest BCUT2D eigenvalue weighted by Crippen LogP contribution is -2.48. The average Bonchev–Trinajstić information content (AvgIpc) is 3.08. The van der Waals surface area contributed by atoms with Gasteiger partial charge in [0.2, 0.25) is 0 Å². The first-order chi connectivity index (χ1) is 12.5. The number of anilines is 1. The van der Waals surface area contributed by atoms with Crippen LogP contribution in [0.25, 0.3) is 10.9 Å². The lowest BCUT2D eigenvalue weighted by molar-refractivity contribution is -0.0465. The average molecular weight is 368 g/mol. The molecule has 1 fully saturated rings. The van der Waals surface area contributed by atoms with E-state index in [9.17, 15) is 5.26 Å². The van der Waals surface area contributed by atoms with E-state index in [2.05, 4.69) is 28.0 Å². The van der Waals surface area contributed by atoms with Gasteiger partial charge in [-0.3, -0.25) is 9.67 Å². The van der Waals surface area contributed by atoms with Crippen LogP contribution >= 0.6 is 11.6 Å². The zero-order valence-corrected chi connectivity index (χ0v) is 15.4. The Bertz CT molecular complexity index is 1020. The monoisotopic (exact) mass is 367 g/mol. The predicted octanol–water partition coefficient (Wildman–Crippen LogP) is 3.25. The smallest absolute Gasteiger partial charge is 0.111 e. The molecule has 6 nitrogen and oxygen atoms in total. The van der Waals surface area contributed by atoms with Gasteiger partial charge in [0.1, 0.15) is 11.7 Å². The molecular weight excluding hydrogens is 350 g/mol. The van der Waals surface area contributed by atoms with Crippen LogP contribution in [0.15, 0.2) is 36.8 Å². The van der Waals surface area contributed by atoms with Gasteiger partial charge in [0.25, 0.3) is 0 Å². The molecule has 2 aromatic heterocycles. The Morgan fingerprint density at radius 1 is 1.35 bits per heavy atom. The summed E-state index contributed by atoms with van der Waals surface area (Å²) in [5.74, 6) is 0. The molecule has 0 amide bonds. The van der Waals surface area contributed by atoms with Gasteiger partial charge in [-0.2, -0.15) is 10.4 Å². The molecule has 1 aromatic carbocycles. The number of aromatic nitrogens is 3. The van der Waals surface area contributed by atoms with Crippen LogP contribution in [-0.2, 0) is 17.4 Å². The van der Waals surface area contributed by atoms with Crippen LogP contribution in [0, 0.1) is 11.3 Å². The van der Waals surface area contributed by atoms with E-state index < -0.39 is 5.60 Å². The maximum absolute atomic E-state index is 9.63. The third kappa shape index (κ3) is 2.79. The molecule has 26 heavy (non-hydrogen) atoms. The number of nitriles is 1. The fourth-order valence-corrected chi connectivity index (χ4v) is 3.68. The summed E-state index contributed by atoms with van der Waals surface area (Å²) >= 11 is 6.21. The molecule has 0 saturated carbocycles. The lowest BCUT2D eigenvalue weighted by atomic mass is 9.95. The number of hydrogen-bond acceptors (Lipinski definition) is 5. The van der Waals surface area contributed by atoms with Gasteiger partial charge < -0.3 is 9.64 Å². The van der Waals surface area contributed by atoms with E-state index in [-0.39, 0.29) is 0 Å². The molecule has 0 bridgehead atoms. The van der Waals surface area contributed by atoms with Crippen molar-refractivity contribution in [2.75, 3.05) is 24.6 Å². The highest BCUT2D eigenvalue weighted by Crippen LogP contribution is 2.36. The van der Waals surface area contributed by atoms with Crippen molar-refractivity contribution in [3.05, 3.63) is 52.9 Å². The lowest BCUT2D eigenvalue weighted by Gasteiger charge is -2.41. The SMILES string of the molecule is Cn1cc(C2(C)CN(c3c(C#N)cnc4ccc(Cl)cc34)CCO2)cn1. The summed E-state index contributed by atoms with van der Waals surface area (Å²) in [7, 11) is 1.89. The molecule has 4 rings (SSSR count). The molecule has 1 unspecified atom stereocenters. The first-order valence-electron chi connectivity index (χ1n) is 8.36. The zero-order valence-electron chi connectivity index (χ0n) is 14.6. The van der Waals surface area contributed by atoms with E-state index >= 15 is 0 Å². The van der Waals surface area contributed by atoms with Crippen molar-refractivity contribution in [3.8, 4) is 6.07 Å². The third-order valence-corrected chi connectivity index (χ3v) is 5.06. The van der Waals surface area contributed by atoms with Crippen molar-refractivity contribution in [1.29, 1.82) is 5.26 Å². The quantitative estimate of drug-likeness (QED) is 0.695. The molecule has 1 aliphatic rings. The van der Waals surface area contributed by atoms with Gasteiger partial charge in [0.05, 0.1) is 36.1 Å². The Morgan fingerprint density at radius 3 is 2.92 bits per heavy atom. The normalized spacial score (nSPS) is 20.3. The summed E-state index contributed by atoms with van der Waals surface area (Å²) in [4.78, 5) is 6.58. The Labute approximate surface area is 156 Å². The molecule has 1 atom stereocenters. The number of benzene rings is 1. The molecule has 0 N–H and O–H groups in total. The summed E-state index contributed by atoms with van der Waals surface area (Å²) in [5.41, 5.74) is 2.72. The van der Waals surface area contributed by atoms with Crippen LogP contribution in [0.5, 0.6) is 0 Å². The first-order valence-corrected chi connectivity index (χ1v) is 8.74. The van der Waals surface area contributed by atoms with E-state index in [1.54, 1.807) is 10.9 Å². The van der Waals surface area contributed by atoms with Crippen molar-refractivity contribution in [1.82, 2.24) is 14.8 Å². The Kier molecular flexibility index (Phi) is 4.06. The summed E-state index contributed by atoms with van der Waals surface area (Å²) in [6.45, 7) is 3.91. The molecule has 132 valence electrons. The molecule has 7 heteroatoms. The molecule has 0 aliphatic carbocycles. The van der Waals surface area contributed by atoms with Crippen LogP contribution in [0.1, 0.15) is 18.1 Å². The van der Waals surface area contributed by atoms with Gasteiger partial charge in [-0.25, -0.2) is 0 Å². The van der Waals surface area contributed by atoms with Gasteiger partial charge >= 0.3 is 0 Å². The summed E-state index contributed by atoms with van der Waals surface area (Å²) in [6.07, 6.45) is 5.43. The van der Waals surface area contributed by atoms with E-state index in [0.717, 1.165) is 22.2 Å². The Hall–Kier alpha value is -2.62. The van der Waals surface area contributed by atoms with Gasteiger partial charge in [-0.05, 0) is 25.1 Å². The Balaban J connectivity index is 1.82. The highest BCUT2D eigenvalue weighted by atomic mass is 35.5. The minimum Gasteiger partial charge on any atom is -0.367 e. The minimum atomic E-state index is -0.507. The van der Waals surface area contributed by atoms with E-state index in [1.165, 1.54) is 0 Å². The van der Waals surface area contributed by atoms with Crippen LogP contribution in [0.3, 0.4) is 0 Å². The fraction of sp³-hybridized carbons (Fsp3) is 0.316. The third-order valence-electron chi connectivity index (χ3n) is 4.83. The van der Waals surface area contributed by atoms with E-state index in [0.29, 0.717) is 30.3 Å². The topological polar surface area (TPSA) is 67.0 Å². The number of pyridine rings is 1. The summed E-state index contributed by atoms with van der Waals surface area (Å²) in [6, 6.07) is 7.83. The Morgan fingerprint density at radius 2 is 2.19 bits per heavy atom. The van der Waals surface area contributed by atoms with Crippen LogP contribution in [-0.4, -0.2) is 34.5 Å². The molecule has 3 aromatic rings. The van der Waals surface area contributed by atoms with Crippen LogP contribution in [0.2, 0.25) is 5.02 Å². The van der Waals surface area contributed by atoms with Crippen molar-refractivity contribution >= 4 is 28.2 Å². The largest absolute Gasteiger partial charge is 0.367 e. The first kappa shape index (κ1) is 16.8. The second-order valence-electron chi connectivity index (χ2n) is 6.70. The number of hydrogen-bond donors (Lipinski definition) is 0. The standard InChI is InChI=1S/C19H18ClN5O/c1-19(14-10-23-24(2)11-14)12-25(5-6-26-19)18-13(8-21)9-22-17-4-3-15(20)7-16(17)18/h3-4,7,9-11H,5-6,12H2,1-2H3. The second-order valence-corrected chi connectivity index (χ2v) is 7.13. The number of nitrogens with zero attached hydrogens (tertiary/aromatic N) is 5. The molecule has 1 aliphatic heterocycles. The van der Waals surface area contributed by atoms with Gasteiger partial charge in [0.15, 0.2) is 0 Å². The van der Waals surface area contributed by atoms with E-state index in [1.807, 2.05) is 37.6 Å². The summed E-state index contributed by atoms with van der Waals surface area (Å²) < 4.78 is 7.88. The van der Waals surface area contributed by atoms with Gasteiger partial charge in [0, 0.05) is 42.0 Å². The number of morpholine rings is 1. The second kappa shape index (κ2) is 6.27. The number of fused-ring (bicyclic) bond motifs is 1.